The molecular formula is C58H36N6. The molecule has 64 heavy (non-hydrogen) atoms. The standard InChI is InChI=1S/C58H36N6/c1-59-44-28-24-36(25-29-44)40-20-13-21-41(32-40)51-35-52(61-55(60-51)37-14-5-2-6-15-37)42-26-30-47-49(33-42)53-45-22-11-12-23-46(45)54(47)50-34-43(27-31-48(50)53)58-63-56(38-16-7-3-8-17-38)62-57(64-58)39-18-9-4-10-19-39/h2-35,53-54H. The summed E-state index contributed by atoms with van der Waals surface area (Å²) in [5.74, 6) is 2.70. The van der Waals surface area contributed by atoms with E-state index in [1.54, 1.807) is 0 Å². The smallest absolute Gasteiger partial charge is 0.187 e. The molecule has 3 aliphatic rings. The molecule has 6 heteroatoms. The van der Waals surface area contributed by atoms with Crippen LogP contribution in [-0.2, 0) is 0 Å². The molecule has 2 aromatic heterocycles. The second kappa shape index (κ2) is 15.4. The fourth-order valence-corrected chi connectivity index (χ4v) is 9.50. The van der Waals surface area contributed by atoms with Gasteiger partial charge in [-0.1, -0.05) is 182 Å². The maximum absolute atomic E-state index is 7.39. The summed E-state index contributed by atoms with van der Waals surface area (Å²) in [6.45, 7) is 7.39. The maximum atomic E-state index is 7.39. The average molecular weight is 817 g/mol. The highest BCUT2D eigenvalue weighted by Gasteiger charge is 2.41. The van der Waals surface area contributed by atoms with E-state index in [9.17, 15) is 0 Å². The Balaban J connectivity index is 0.970. The molecular weight excluding hydrogens is 781 g/mol. The highest BCUT2D eigenvalue weighted by molar-refractivity contribution is 5.79. The quantitative estimate of drug-likeness (QED) is 0.150. The van der Waals surface area contributed by atoms with E-state index in [0.29, 0.717) is 29.0 Å². The fraction of sp³-hybridized carbons (Fsp3) is 0.0345. The van der Waals surface area contributed by atoms with Gasteiger partial charge in [0, 0.05) is 45.2 Å². The lowest BCUT2D eigenvalue weighted by Gasteiger charge is -2.42. The Morgan fingerprint density at radius 2 is 0.672 bits per heavy atom. The molecule has 2 bridgehead atoms. The minimum Gasteiger partial charge on any atom is -0.238 e. The van der Waals surface area contributed by atoms with Crippen LogP contribution in [0.2, 0.25) is 0 Å². The van der Waals surface area contributed by atoms with E-state index in [0.717, 1.165) is 55.9 Å². The molecule has 0 spiro atoms. The lowest BCUT2D eigenvalue weighted by molar-refractivity contribution is 0.754. The zero-order chi connectivity index (χ0) is 42.6. The van der Waals surface area contributed by atoms with Crippen LogP contribution in [0.5, 0.6) is 0 Å². The van der Waals surface area contributed by atoms with Gasteiger partial charge >= 0.3 is 0 Å². The zero-order valence-corrected chi connectivity index (χ0v) is 34.5. The van der Waals surface area contributed by atoms with E-state index in [1.165, 1.54) is 33.4 Å². The van der Waals surface area contributed by atoms with Crippen molar-refractivity contribution in [3.8, 4) is 79.2 Å². The summed E-state index contributed by atoms with van der Waals surface area (Å²) in [6.07, 6.45) is 0. The predicted molar refractivity (Wildman–Crippen MR) is 255 cm³/mol. The summed E-state index contributed by atoms with van der Waals surface area (Å²) in [6, 6.07) is 71.3. The van der Waals surface area contributed by atoms with Gasteiger partial charge < -0.3 is 0 Å². The van der Waals surface area contributed by atoms with Gasteiger partial charge in [-0.05, 0) is 68.8 Å². The molecule has 0 saturated carbocycles. The van der Waals surface area contributed by atoms with Crippen LogP contribution in [0.4, 0.5) is 5.69 Å². The van der Waals surface area contributed by atoms with Gasteiger partial charge in [-0.15, -0.1) is 0 Å². The molecule has 6 nitrogen and oxygen atoms in total. The zero-order valence-electron chi connectivity index (χ0n) is 34.5. The Morgan fingerprint density at radius 1 is 0.281 bits per heavy atom. The van der Waals surface area contributed by atoms with Gasteiger partial charge in [-0.3, -0.25) is 0 Å². The van der Waals surface area contributed by atoms with Crippen LogP contribution < -0.4 is 0 Å². The van der Waals surface area contributed by atoms with Crippen LogP contribution >= 0.6 is 0 Å². The number of hydrogen-bond acceptors (Lipinski definition) is 5. The number of nitrogens with zero attached hydrogens (tertiary/aromatic N) is 6. The summed E-state index contributed by atoms with van der Waals surface area (Å²) in [7, 11) is 0. The number of rotatable bonds is 7. The van der Waals surface area contributed by atoms with E-state index < -0.39 is 0 Å². The summed E-state index contributed by atoms with van der Waals surface area (Å²) in [5, 5.41) is 0. The second-order valence-electron chi connectivity index (χ2n) is 16.3. The van der Waals surface area contributed by atoms with Crippen molar-refractivity contribution >= 4 is 5.69 Å². The van der Waals surface area contributed by atoms with E-state index in [4.69, 9.17) is 31.5 Å². The topological polar surface area (TPSA) is 68.8 Å². The Labute approximate surface area is 371 Å². The molecule has 0 radical (unpaired) electrons. The van der Waals surface area contributed by atoms with Crippen molar-refractivity contribution in [2.75, 3.05) is 0 Å². The van der Waals surface area contributed by atoms with Gasteiger partial charge in [0.15, 0.2) is 29.0 Å². The summed E-state index contributed by atoms with van der Waals surface area (Å²) < 4.78 is 0. The molecule has 2 heterocycles. The minimum atomic E-state index is 0.0386. The number of aromatic nitrogens is 5. The van der Waals surface area contributed by atoms with Crippen molar-refractivity contribution in [1.29, 1.82) is 0 Å². The summed E-state index contributed by atoms with van der Waals surface area (Å²) in [5.41, 5.74) is 18.1. The summed E-state index contributed by atoms with van der Waals surface area (Å²) >= 11 is 0. The molecule has 8 aromatic carbocycles. The van der Waals surface area contributed by atoms with Gasteiger partial charge in [0.05, 0.1) is 18.0 Å². The third-order valence-corrected chi connectivity index (χ3v) is 12.5. The average Bonchev–Trinajstić information content (AvgIpc) is 3.38. The van der Waals surface area contributed by atoms with Crippen LogP contribution in [0, 0.1) is 6.57 Å². The van der Waals surface area contributed by atoms with Gasteiger partial charge in [0.2, 0.25) is 0 Å². The minimum absolute atomic E-state index is 0.0386. The molecule has 0 amide bonds. The van der Waals surface area contributed by atoms with Crippen molar-refractivity contribution < 1.29 is 0 Å². The normalized spacial score (nSPS) is 14.2. The van der Waals surface area contributed by atoms with E-state index in [-0.39, 0.29) is 11.8 Å². The number of benzene rings is 8. The van der Waals surface area contributed by atoms with Crippen molar-refractivity contribution in [1.82, 2.24) is 24.9 Å². The van der Waals surface area contributed by atoms with Crippen LogP contribution in [0.1, 0.15) is 45.2 Å². The first-order chi connectivity index (χ1) is 31.6. The van der Waals surface area contributed by atoms with E-state index in [1.807, 2.05) is 103 Å². The molecule has 3 aliphatic carbocycles. The Bertz CT molecular complexity index is 3390. The van der Waals surface area contributed by atoms with Crippen molar-refractivity contribution in [3.63, 3.8) is 0 Å². The van der Waals surface area contributed by atoms with Crippen LogP contribution in [0.3, 0.4) is 0 Å². The van der Waals surface area contributed by atoms with Gasteiger partial charge in [-0.2, -0.15) is 0 Å². The molecule has 0 aliphatic heterocycles. The van der Waals surface area contributed by atoms with Crippen LogP contribution in [-0.4, -0.2) is 24.9 Å². The molecule has 298 valence electrons. The second-order valence-corrected chi connectivity index (χ2v) is 16.3. The largest absolute Gasteiger partial charge is 0.238 e. The van der Waals surface area contributed by atoms with Crippen molar-refractivity contribution in [3.05, 3.63) is 251 Å². The van der Waals surface area contributed by atoms with Crippen LogP contribution in [0.15, 0.2) is 206 Å². The molecule has 0 saturated heterocycles. The SMILES string of the molecule is [C-]#[N+]c1ccc(-c2cccc(-c3cc(-c4ccc5c(c4)C4c6ccccc6C5c5cc(-c6nc(-c7ccccc7)nc(-c7ccccc7)n6)ccc54)nc(-c4ccccc4)n3)c2)cc1. The first kappa shape index (κ1) is 37.1. The Morgan fingerprint density at radius 3 is 1.20 bits per heavy atom. The van der Waals surface area contributed by atoms with Gasteiger partial charge in [0.1, 0.15) is 0 Å². The highest BCUT2D eigenvalue weighted by atomic mass is 15.0. The third-order valence-electron chi connectivity index (χ3n) is 12.5. The lowest BCUT2D eigenvalue weighted by atomic mass is 9.60. The first-order valence-electron chi connectivity index (χ1n) is 21.4. The molecule has 0 fully saturated rings. The molecule has 2 atom stereocenters. The van der Waals surface area contributed by atoms with Crippen molar-refractivity contribution in [2.24, 2.45) is 0 Å². The Kier molecular flexibility index (Phi) is 8.91. The highest BCUT2D eigenvalue weighted by Crippen LogP contribution is 2.56. The van der Waals surface area contributed by atoms with Crippen LogP contribution in [0.25, 0.3) is 84.0 Å². The van der Waals surface area contributed by atoms with E-state index in [2.05, 4.69) is 108 Å². The monoisotopic (exact) mass is 816 g/mol. The molecule has 2 unspecified atom stereocenters. The number of hydrogen-bond donors (Lipinski definition) is 0. The Hall–Kier alpha value is -8.66. The van der Waals surface area contributed by atoms with Gasteiger partial charge in [0.25, 0.3) is 0 Å². The fourth-order valence-electron chi connectivity index (χ4n) is 9.50. The summed E-state index contributed by atoms with van der Waals surface area (Å²) in [4.78, 5) is 29.1. The lowest BCUT2D eigenvalue weighted by Crippen LogP contribution is -2.27. The van der Waals surface area contributed by atoms with Gasteiger partial charge in [-0.25, -0.2) is 29.8 Å². The molecule has 10 aromatic rings. The predicted octanol–water partition coefficient (Wildman–Crippen LogP) is 13.9. The first-order valence-corrected chi connectivity index (χ1v) is 21.4. The molecule has 0 N–H and O–H groups in total. The molecule has 13 rings (SSSR count). The van der Waals surface area contributed by atoms with E-state index >= 15 is 0 Å². The van der Waals surface area contributed by atoms with Crippen molar-refractivity contribution in [2.45, 2.75) is 11.8 Å². The maximum Gasteiger partial charge on any atom is 0.187 e. The third kappa shape index (κ3) is 6.47.